The molecule has 0 saturated heterocycles. The smallest absolute Gasteiger partial charge is 0.274 e. The van der Waals surface area contributed by atoms with Gasteiger partial charge in [0.2, 0.25) is 0 Å². The van der Waals surface area contributed by atoms with E-state index >= 15 is 0 Å². The molecule has 2 rings (SSSR count). The summed E-state index contributed by atoms with van der Waals surface area (Å²) >= 11 is 0. The average Bonchev–Trinajstić information content (AvgIpc) is 2.66. The Kier molecular flexibility index (Phi) is 3.46. The minimum absolute atomic E-state index is 0.0785. The SMILES string of the molecule is Cc1cc(C=Nc2ccc(C)c([N+](=O)[O-])c2)c(C)o1. The van der Waals surface area contributed by atoms with Crippen LogP contribution in [0.5, 0.6) is 0 Å². The quantitative estimate of drug-likeness (QED) is 0.476. The number of nitro groups is 1. The summed E-state index contributed by atoms with van der Waals surface area (Å²) in [6.07, 6.45) is 1.65. The number of nitro benzene ring substituents is 1. The number of aryl methyl sites for hydroxylation is 3. The molecular weight excluding hydrogens is 244 g/mol. The van der Waals surface area contributed by atoms with Crippen molar-refractivity contribution < 1.29 is 9.34 Å². The maximum Gasteiger partial charge on any atom is 0.274 e. The number of hydrogen-bond acceptors (Lipinski definition) is 4. The lowest BCUT2D eigenvalue weighted by Gasteiger charge is -1.98. The molecule has 19 heavy (non-hydrogen) atoms. The third-order valence-electron chi connectivity index (χ3n) is 2.82. The summed E-state index contributed by atoms with van der Waals surface area (Å²) in [4.78, 5) is 14.7. The van der Waals surface area contributed by atoms with E-state index in [2.05, 4.69) is 4.99 Å². The third kappa shape index (κ3) is 2.88. The summed E-state index contributed by atoms with van der Waals surface area (Å²) < 4.78 is 5.38. The van der Waals surface area contributed by atoms with Gasteiger partial charge < -0.3 is 4.42 Å². The topological polar surface area (TPSA) is 68.6 Å². The summed E-state index contributed by atoms with van der Waals surface area (Å²) in [7, 11) is 0. The second-order valence-corrected chi connectivity index (χ2v) is 4.35. The predicted molar refractivity (Wildman–Crippen MR) is 73.3 cm³/mol. The van der Waals surface area contributed by atoms with E-state index in [0.29, 0.717) is 11.3 Å². The van der Waals surface area contributed by atoms with E-state index < -0.39 is 4.92 Å². The first-order chi connectivity index (χ1) is 8.97. The molecule has 1 heterocycles. The largest absolute Gasteiger partial charge is 0.466 e. The first-order valence-electron chi connectivity index (χ1n) is 5.83. The van der Waals surface area contributed by atoms with Gasteiger partial charge in [0.05, 0.1) is 10.6 Å². The normalized spacial score (nSPS) is 11.1. The zero-order valence-electron chi connectivity index (χ0n) is 11.0. The van der Waals surface area contributed by atoms with Crippen LogP contribution in [0.25, 0.3) is 0 Å². The van der Waals surface area contributed by atoms with Crippen LogP contribution >= 0.6 is 0 Å². The highest BCUT2D eigenvalue weighted by atomic mass is 16.6. The summed E-state index contributed by atoms with van der Waals surface area (Å²) in [6.45, 7) is 5.42. The van der Waals surface area contributed by atoms with Gasteiger partial charge in [0.15, 0.2) is 0 Å². The Morgan fingerprint density at radius 1 is 1.26 bits per heavy atom. The Balaban J connectivity index is 2.31. The second-order valence-electron chi connectivity index (χ2n) is 4.35. The number of furan rings is 1. The van der Waals surface area contributed by atoms with Crippen molar-refractivity contribution in [1.29, 1.82) is 0 Å². The molecule has 2 aromatic rings. The van der Waals surface area contributed by atoms with Gasteiger partial charge in [-0.1, -0.05) is 6.07 Å². The Labute approximate surface area is 110 Å². The van der Waals surface area contributed by atoms with Crippen LogP contribution in [-0.4, -0.2) is 11.1 Å². The van der Waals surface area contributed by atoms with E-state index in [1.54, 1.807) is 25.3 Å². The van der Waals surface area contributed by atoms with Gasteiger partial charge in [0.1, 0.15) is 11.5 Å². The minimum Gasteiger partial charge on any atom is -0.466 e. The maximum absolute atomic E-state index is 10.8. The average molecular weight is 258 g/mol. The van der Waals surface area contributed by atoms with Crippen molar-refractivity contribution in [2.75, 3.05) is 0 Å². The van der Waals surface area contributed by atoms with Gasteiger partial charge in [-0.2, -0.15) is 0 Å². The molecule has 98 valence electrons. The molecule has 0 aliphatic carbocycles. The molecule has 0 amide bonds. The molecule has 0 saturated carbocycles. The highest BCUT2D eigenvalue weighted by Gasteiger charge is 2.10. The molecule has 0 aliphatic heterocycles. The van der Waals surface area contributed by atoms with E-state index in [4.69, 9.17) is 4.42 Å². The summed E-state index contributed by atoms with van der Waals surface area (Å²) in [5, 5.41) is 10.8. The van der Waals surface area contributed by atoms with Crippen LogP contribution in [0.2, 0.25) is 0 Å². The molecule has 0 fully saturated rings. The predicted octanol–water partition coefficient (Wildman–Crippen LogP) is 3.86. The van der Waals surface area contributed by atoms with E-state index in [1.165, 1.54) is 6.07 Å². The van der Waals surface area contributed by atoms with Crippen molar-refractivity contribution in [3.63, 3.8) is 0 Å². The Morgan fingerprint density at radius 3 is 2.58 bits per heavy atom. The van der Waals surface area contributed by atoms with Crippen LogP contribution in [0.1, 0.15) is 22.6 Å². The fourth-order valence-corrected chi connectivity index (χ4v) is 1.80. The Bertz CT molecular complexity index is 657. The molecule has 0 N–H and O–H groups in total. The van der Waals surface area contributed by atoms with Crippen LogP contribution in [0.3, 0.4) is 0 Å². The highest BCUT2D eigenvalue weighted by Crippen LogP contribution is 2.24. The van der Waals surface area contributed by atoms with Crippen LogP contribution < -0.4 is 0 Å². The van der Waals surface area contributed by atoms with Crippen molar-refractivity contribution >= 4 is 17.6 Å². The van der Waals surface area contributed by atoms with Gasteiger partial charge in [-0.25, -0.2) is 0 Å². The van der Waals surface area contributed by atoms with Crippen molar-refractivity contribution in [2.45, 2.75) is 20.8 Å². The van der Waals surface area contributed by atoms with E-state index in [9.17, 15) is 10.1 Å². The molecule has 0 unspecified atom stereocenters. The molecule has 0 aliphatic rings. The highest BCUT2D eigenvalue weighted by molar-refractivity contribution is 5.83. The van der Waals surface area contributed by atoms with Gasteiger partial charge in [-0.15, -0.1) is 0 Å². The van der Waals surface area contributed by atoms with Crippen molar-refractivity contribution in [3.8, 4) is 0 Å². The van der Waals surface area contributed by atoms with E-state index in [0.717, 1.165) is 17.1 Å². The first-order valence-corrected chi connectivity index (χ1v) is 5.83. The number of rotatable bonds is 3. The fraction of sp³-hybridized carbons (Fsp3) is 0.214. The van der Waals surface area contributed by atoms with Crippen molar-refractivity contribution in [1.82, 2.24) is 0 Å². The minimum atomic E-state index is -0.401. The molecule has 0 spiro atoms. The standard InChI is InChI=1S/C14H14N2O3/c1-9-4-5-13(7-14(9)16(17)18)15-8-12-6-10(2)19-11(12)3/h4-8H,1-3H3. The molecule has 1 aromatic carbocycles. The number of aliphatic imine (C=N–C) groups is 1. The van der Waals surface area contributed by atoms with E-state index in [-0.39, 0.29) is 5.69 Å². The summed E-state index contributed by atoms with van der Waals surface area (Å²) in [5.41, 5.74) is 2.13. The monoisotopic (exact) mass is 258 g/mol. The molecule has 0 atom stereocenters. The molecule has 5 heteroatoms. The molecule has 0 bridgehead atoms. The molecule has 5 nitrogen and oxygen atoms in total. The lowest BCUT2D eigenvalue weighted by atomic mass is 10.2. The molecule has 0 radical (unpaired) electrons. The van der Waals surface area contributed by atoms with Crippen LogP contribution in [0.15, 0.2) is 33.7 Å². The molecular formula is C14H14N2O3. The number of nitrogens with zero attached hydrogens (tertiary/aromatic N) is 2. The van der Waals surface area contributed by atoms with Crippen molar-refractivity contribution in [2.24, 2.45) is 4.99 Å². The van der Waals surface area contributed by atoms with Gasteiger partial charge in [0, 0.05) is 23.4 Å². The van der Waals surface area contributed by atoms with E-state index in [1.807, 2.05) is 19.9 Å². The van der Waals surface area contributed by atoms with Crippen LogP contribution in [0, 0.1) is 30.9 Å². The lowest BCUT2D eigenvalue weighted by molar-refractivity contribution is -0.385. The van der Waals surface area contributed by atoms with Gasteiger partial charge in [0.25, 0.3) is 5.69 Å². The fourth-order valence-electron chi connectivity index (χ4n) is 1.80. The maximum atomic E-state index is 10.8. The Morgan fingerprint density at radius 2 is 2.00 bits per heavy atom. The number of hydrogen-bond donors (Lipinski definition) is 0. The zero-order chi connectivity index (χ0) is 14.0. The van der Waals surface area contributed by atoms with Gasteiger partial charge in [-0.3, -0.25) is 15.1 Å². The second kappa shape index (κ2) is 5.06. The molecule has 1 aromatic heterocycles. The van der Waals surface area contributed by atoms with Gasteiger partial charge >= 0.3 is 0 Å². The summed E-state index contributed by atoms with van der Waals surface area (Å²) in [6, 6.07) is 6.79. The Hall–Kier alpha value is -2.43. The van der Waals surface area contributed by atoms with Crippen LogP contribution in [0.4, 0.5) is 11.4 Å². The first kappa shape index (κ1) is 13.0. The number of benzene rings is 1. The third-order valence-corrected chi connectivity index (χ3v) is 2.82. The lowest BCUT2D eigenvalue weighted by Crippen LogP contribution is -1.90. The van der Waals surface area contributed by atoms with Crippen molar-refractivity contribution in [3.05, 3.63) is 57.0 Å². The van der Waals surface area contributed by atoms with Crippen LogP contribution in [-0.2, 0) is 0 Å². The summed E-state index contributed by atoms with van der Waals surface area (Å²) in [5.74, 6) is 1.59. The zero-order valence-corrected chi connectivity index (χ0v) is 11.0. The van der Waals surface area contributed by atoms with Gasteiger partial charge in [-0.05, 0) is 32.9 Å².